The monoisotopic (exact) mass is 316 g/mol. The van der Waals surface area contributed by atoms with Crippen LogP contribution in [0.5, 0.6) is 5.75 Å². The molecule has 0 fully saturated rings. The maximum absolute atomic E-state index is 5.90. The Labute approximate surface area is 126 Å². The van der Waals surface area contributed by atoms with Crippen molar-refractivity contribution in [1.29, 1.82) is 0 Å². The van der Waals surface area contributed by atoms with Gasteiger partial charge >= 0.3 is 0 Å². The van der Waals surface area contributed by atoms with E-state index in [1.165, 1.54) is 4.88 Å². The van der Waals surface area contributed by atoms with E-state index < -0.39 is 0 Å². The summed E-state index contributed by atoms with van der Waals surface area (Å²) in [7, 11) is 0. The van der Waals surface area contributed by atoms with Crippen LogP contribution in [-0.4, -0.2) is 12.6 Å². The average Bonchev–Trinajstić information content (AvgIpc) is 2.82. The van der Waals surface area contributed by atoms with Gasteiger partial charge in [0.15, 0.2) is 0 Å². The first-order chi connectivity index (χ1) is 9.17. The second kappa shape index (κ2) is 7.12. The fourth-order valence-corrected chi connectivity index (χ4v) is 2.89. The van der Waals surface area contributed by atoms with Crippen LogP contribution in [0.1, 0.15) is 4.88 Å². The summed E-state index contributed by atoms with van der Waals surface area (Å²) in [6.45, 7) is 0.480. The Bertz CT molecular complexity index is 516. The van der Waals surface area contributed by atoms with Gasteiger partial charge < -0.3 is 4.74 Å². The quantitative estimate of drug-likeness (QED) is 0.633. The van der Waals surface area contributed by atoms with Gasteiger partial charge in [-0.25, -0.2) is 0 Å². The van der Waals surface area contributed by atoms with Crippen LogP contribution < -0.4 is 16.0 Å². The highest BCUT2D eigenvalue weighted by molar-refractivity contribution is 7.16. The number of nitrogens with one attached hydrogen (secondary N) is 1. The Balaban J connectivity index is 1.87. The molecule has 6 heteroatoms. The van der Waals surface area contributed by atoms with Crippen LogP contribution in [0.4, 0.5) is 0 Å². The van der Waals surface area contributed by atoms with E-state index in [1.54, 1.807) is 23.5 Å². The van der Waals surface area contributed by atoms with Crippen LogP contribution in [0.15, 0.2) is 36.4 Å². The van der Waals surface area contributed by atoms with Gasteiger partial charge in [-0.2, -0.15) is 0 Å². The Hall–Kier alpha value is -0.780. The van der Waals surface area contributed by atoms with Gasteiger partial charge in [0, 0.05) is 16.3 Å². The van der Waals surface area contributed by atoms with Crippen LogP contribution >= 0.6 is 34.5 Å². The minimum atomic E-state index is 0.0328. The van der Waals surface area contributed by atoms with Crippen molar-refractivity contribution in [2.45, 2.75) is 12.5 Å². The van der Waals surface area contributed by atoms with Gasteiger partial charge in [-0.3, -0.25) is 11.3 Å². The van der Waals surface area contributed by atoms with E-state index in [4.69, 9.17) is 33.8 Å². The lowest BCUT2D eigenvalue weighted by Gasteiger charge is -2.16. The molecular weight excluding hydrogens is 303 g/mol. The number of hydrogen-bond acceptors (Lipinski definition) is 4. The molecule has 1 atom stereocenters. The third kappa shape index (κ3) is 4.67. The van der Waals surface area contributed by atoms with Gasteiger partial charge in [-0.1, -0.05) is 23.2 Å². The molecule has 0 saturated carbocycles. The maximum Gasteiger partial charge on any atom is 0.119 e. The topological polar surface area (TPSA) is 47.3 Å². The van der Waals surface area contributed by atoms with Gasteiger partial charge in [0.2, 0.25) is 0 Å². The highest BCUT2D eigenvalue weighted by Crippen LogP contribution is 2.22. The fraction of sp³-hybridized carbons (Fsp3) is 0.231. The van der Waals surface area contributed by atoms with Crippen LogP contribution in [0.3, 0.4) is 0 Å². The molecule has 0 spiro atoms. The third-order valence-electron chi connectivity index (χ3n) is 2.58. The Morgan fingerprint density at radius 2 is 1.89 bits per heavy atom. The summed E-state index contributed by atoms with van der Waals surface area (Å²) in [6.07, 6.45) is 0.779. The van der Waals surface area contributed by atoms with E-state index in [0.717, 1.165) is 16.5 Å². The van der Waals surface area contributed by atoms with Crippen molar-refractivity contribution in [2.24, 2.45) is 5.84 Å². The maximum atomic E-state index is 5.90. The molecule has 0 aliphatic heterocycles. The standard InChI is InChI=1S/C13H14Cl2N2OS/c14-9-1-3-11(4-2-9)18-8-10(17-16)7-12-5-6-13(15)19-12/h1-6,10,17H,7-8,16H2. The molecule has 1 aromatic carbocycles. The van der Waals surface area contributed by atoms with Crippen molar-refractivity contribution < 1.29 is 4.74 Å². The summed E-state index contributed by atoms with van der Waals surface area (Å²) >= 11 is 13.3. The number of hydrogen-bond donors (Lipinski definition) is 2. The number of ether oxygens (including phenoxy) is 1. The van der Waals surface area contributed by atoms with E-state index in [2.05, 4.69) is 5.43 Å². The predicted molar refractivity (Wildman–Crippen MR) is 81.1 cm³/mol. The van der Waals surface area contributed by atoms with E-state index in [9.17, 15) is 0 Å². The Kier molecular flexibility index (Phi) is 5.48. The molecule has 1 aromatic heterocycles. The molecule has 0 radical (unpaired) electrons. The third-order valence-corrected chi connectivity index (χ3v) is 4.08. The number of nitrogens with two attached hydrogens (primary N) is 1. The summed E-state index contributed by atoms with van der Waals surface area (Å²) in [4.78, 5) is 1.17. The van der Waals surface area contributed by atoms with Crippen LogP contribution in [0.2, 0.25) is 9.36 Å². The second-order valence-electron chi connectivity index (χ2n) is 4.04. The number of hydrazine groups is 1. The van der Waals surface area contributed by atoms with Gasteiger partial charge in [0.1, 0.15) is 12.4 Å². The van der Waals surface area contributed by atoms with E-state index in [-0.39, 0.29) is 6.04 Å². The Morgan fingerprint density at radius 1 is 1.16 bits per heavy atom. The normalized spacial score (nSPS) is 12.4. The summed E-state index contributed by atoms with van der Waals surface area (Å²) in [5, 5.41) is 0.689. The molecule has 102 valence electrons. The first kappa shape index (κ1) is 14.6. The molecule has 1 unspecified atom stereocenters. The van der Waals surface area contributed by atoms with Crippen molar-refractivity contribution in [3.63, 3.8) is 0 Å². The van der Waals surface area contributed by atoms with E-state index in [1.807, 2.05) is 24.3 Å². The lowest BCUT2D eigenvalue weighted by molar-refractivity contribution is 0.265. The molecular formula is C13H14Cl2N2OS. The lowest BCUT2D eigenvalue weighted by atomic mass is 10.2. The van der Waals surface area contributed by atoms with Crippen LogP contribution in [-0.2, 0) is 6.42 Å². The number of halogens is 2. The first-order valence-electron chi connectivity index (χ1n) is 5.76. The molecule has 0 bridgehead atoms. The summed E-state index contributed by atoms with van der Waals surface area (Å²) in [6, 6.07) is 11.2. The minimum absolute atomic E-state index is 0.0328. The molecule has 0 amide bonds. The molecule has 19 heavy (non-hydrogen) atoms. The molecule has 1 heterocycles. The zero-order chi connectivity index (χ0) is 13.7. The number of rotatable bonds is 6. The predicted octanol–water partition coefficient (Wildman–Crippen LogP) is 3.51. The van der Waals surface area contributed by atoms with Gasteiger partial charge in [-0.05, 0) is 36.4 Å². The first-order valence-corrected chi connectivity index (χ1v) is 7.33. The zero-order valence-corrected chi connectivity index (χ0v) is 12.4. The molecule has 3 N–H and O–H groups in total. The molecule has 0 aliphatic carbocycles. The van der Waals surface area contributed by atoms with E-state index in [0.29, 0.717) is 11.6 Å². The fourth-order valence-electron chi connectivity index (χ4n) is 1.60. The molecule has 0 aliphatic rings. The summed E-state index contributed by atoms with van der Waals surface area (Å²) in [5.74, 6) is 6.31. The van der Waals surface area contributed by atoms with Crippen LogP contribution in [0.25, 0.3) is 0 Å². The van der Waals surface area contributed by atoms with Crippen LogP contribution in [0, 0.1) is 0 Å². The van der Waals surface area contributed by atoms with Gasteiger partial charge in [0.05, 0.1) is 10.4 Å². The van der Waals surface area contributed by atoms with Crippen molar-refractivity contribution in [3.8, 4) is 5.75 Å². The van der Waals surface area contributed by atoms with Crippen molar-refractivity contribution >= 4 is 34.5 Å². The second-order valence-corrected chi connectivity index (χ2v) is 6.27. The SMILES string of the molecule is NNC(COc1ccc(Cl)cc1)Cc1ccc(Cl)s1. The summed E-state index contributed by atoms with van der Waals surface area (Å²) in [5.41, 5.74) is 2.75. The lowest BCUT2D eigenvalue weighted by Crippen LogP contribution is -2.41. The Morgan fingerprint density at radius 3 is 2.47 bits per heavy atom. The highest BCUT2D eigenvalue weighted by Gasteiger charge is 2.10. The van der Waals surface area contributed by atoms with Gasteiger partial charge in [-0.15, -0.1) is 11.3 Å². The highest BCUT2D eigenvalue weighted by atomic mass is 35.5. The smallest absolute Gasteiger partial charge is 0.119 e. The largest absolute Gasteiger partial charge is 0.492 e. The van der Waals surface area contributed by atoms with Gasteiger partial charge in [0.25, 0.3) is 0 Å². The van der Waals surface area contributed by atoms with E-state index >= 15 is 0 Å². The molecule has 0 saturated heterocycles. The van der Waals surface area contributed by atoms with Crippen molar-refractivity contribution in [3.05, 3.63) is 50.6 Å². The molecule has 3 nitrogen and oxygen atoms in total. The van der Waals surface area contributed by atoms with Crippen molar-refractivity contribution in [1.82, 2.24) is 5.43 Å². The zero-order valence-electron chi connectivity index (χ0n) is 10.1. The minimum Gasteiger partial charge on any atom is -0.492 e. The molecule has 2 aromatic rings. The number of benzene rings is 1. The summed E-state index contributed by atoms with van der Waals surface area (Å²) < 4.78 is 6.45. The average molecular weight is 317 g/mol. The van der Waals surface area contributed by atoms with Crippen molar-refractivity contribution in [2.75, 3.05) is 6.61 Å². The number of thiophene rings is 1. The molecule has 2 rings (SSSR count).